The molecule has 0 heterocycles. The van der Waals surface area contributed by atoms with Crippen LogP contribution in [0.25, 0.3) is 0 Å². The Kier molecular flexibility index (Phi) is 9.24. The average molecular weight is 335 g/mol. The summed E-state index contributed by atoms with van der Waals surface area (Å²) in [6, 6.07) is 6.34. The molecule has 0 aliphatic carbocycles. The van der Waals surface area contributed by atoms with E-state index >= 15 is 0 Å². The van der Waals surface area contributed by atoms with Gasteiger partial charge in [-0.05, 0) is 25.1 Å². The summed E-state index contributed by atoms with van der Waals surface area (Å²) in [5.41, 5.74) is 0.220. The largest absolute Gasteiger partial charge is 0.351 e. The Bertz CT molecular complexity index is 547. The second-order valence-corrected chi connectivity index (χ2v) is 6.50. The fourth-order valence-corrected chi connectivity index (χ4v) is 3.38. The molecule has 0 aromatic heterocycles. The number of halogens is 1. The van der Waals surface area contributed by atoms with E-state index in [9.17, 15) is 13.2 Å². The summed E-state index contributed by atoms with van der Waals surface area (Å²) in [7, 11) is -3.40. The van der Waals surface area contributed by atoms with E-state index in [0.717, 1.165) is 6.54 Å². The predicted molar refractivity (Wildman–Crippen MR) is 86.9 cm³/mol. The zero-order valence-corrected chi connectivity index (χ0v) is 14.0. The Morgan fingerprint density at radius 2 is 1.81 bits per heavy atom. The third-order valence-corrected chi connectivity index (χ3v) is 4.75. The van der Waals surface area contributed by atoms with Crippen LogP contribution in [-0.4, -0.2) is 39.7 Å². The number of carbonyl (C=O) groups is 1. The monoisotopic (exact) mass is 334 g/mol. The van der Waals surface area contributed by atoms with Crippen molar-refractivity contribution in [1.29, 1.82) is 0 Å². The van der Waals surface area contributed by atoms with Crippen LogP contribution >= 0.6 is 12.4 Å². The summed E-state index contributed by atoms with van der Waals surface area (Å²) >= 11 is 0. The number of sulfone groups is 1. The Hall–Kier alpha value is -1.11. The zero-order chi connectivity index (χ0) is 15.0. The number of amides is 1. The minimum atomic E-state index is -3.40. The van der Waals surface area contributed by atoms with Crippen LogP contribution in [0.15, 0.2) is 29.2 Å². The first-order valence-corrected chi connectivity index (χ1v) is 8.48. The number of carbonyl (C=O) groups excluding carboxylic acids is 1. The van der Waals surface area contributed by atoms with Crippen molar-refractivity contribution in [2.75, 3.05) is 25.4 Å². The van der Waals surface area contributed by atoms with Crippen molar-refractivity contribution in [2.24, 2.45) is 0 Å². The minimum Gasteiger partial charge on any atom is -0.351 e. The highest BCUT2D eigenvalue weighted by Gasteiger charge is 2.20. The van der Waals surface area contributed by atoms with E-state index < -0.39 is 9.84 Å². The van der Waals surface area contributed by atoms with Crippen molar-refractivity contribution >= 4 is 28.2 Å². The molecule has 7 heteroatoms. The van der Waals surface area contributed by atoms with E-state index in [0.29, 0.717) is 19.5 Å². The Morgan fingerprint density at radius 3 is 2.43 bits per heavy atom. The molecule has 0 aliphatic rings. The molecule has 1 aromatic carbocycles. The topological polar surface area (TPSA) is 75.3 Å². The molecule has 1 aromatic rings. The molecule has 120 valence electrons. The van der Waals surface area contributed by atoms with Crippen LogP contribution in [0.4, 0.5) is 0 Å². The fourth-order valence-electron chi connectivity index (χ4n) is 1.84. The molecule has 1 amide bonds. The maximum Gasteiger partial charge on any atom is 0.252 e. The van der Waals surface area contributed by atoms with Gasteiger partial charge in [0.2, 0.25) is 0 Å². The van der Waals surface area contributed by atoms with Gasteiger partial charge in [-0.2, -0.15) is 0 Å². The van der Waals surface area contributed by atoms with Gasteiger partial charge < -0.3 is 10.6 Å². The van der Waals surface area contributed by atoms with Gasteiger partial charge in [0.25, 0.3) is 5.91 Å². The molecule has 0 saturated heterocycles. The molecule has 0 unspecified atom stereocenters. The van der Waals surface area contributed by atoms with Crippen LogP contribution in [0.5, 0.6) is 0 Å². The Balaban J connectivity index is 0.00000400. The molecule has 0 saturated carbocycles. The molecule has 21 heavy (non-hydrogen) atoms. The van der Waals surface area contributed by atoms with Gasteiger partial charge in [-0.1, -0.05) is 26.0 Å². The number of hydrogen-bond donors (Lipinski definition) is 2. The summed E-state index contributed by atoms with van der Waals surface area (Å²) in [6.07, 6.45) is 0.526. The lowest BCUT2D eigenvalue weighted by Gasteiger charge is -2.10. The first-order valence-electron chi connectivity index (χ1n) is 6.83. The van der Waals surface area contributed by atoms with E-state index in [1.165, 1.54) is 6.07 Å². The molecule has 0 aliphatic heterocycles. The van der Waals surface area contributed by atoms with Crippen LogP contribution in [0.1, 0.15) is 30.6 Å². The number of benzene rings is 1. The third kappa shape index (κ3) is 6.03. The highest BCUT2D eigenvalue weighted by molar-refractivity contribution is 7.91. The summed E-state index contributed by atoms with van der Waals surface area (Å²) in [5, 5.41) is 5.81. The number of hydrogen-bond acceptors (Lipinski definition) is 4. The van der Waals surface area contributed by atoms with Gasteiger partial charge in [0.1, 0.15) is 0 Å². The van der Waals surface area contributed by atoms with Crippen molar-refractivity contribution < 1.29 is 13.2 Å². The molecule has 1 rings (SSSR count). The zero-order valence-electron chi connectivity index (χ0n) is 12.4. The van der Waals surface area contributed by atoms with Crippen LogP contribution in [0.3, 0.4) is 0 Å². The summed E-state index contributed by atoms with van der Waals surface area (Å²) in [5.74, 6) is -0.299. The summed E-state index contributed by atoms with van der Waals surface area (Å²) in [4.78, 5) is 12.2. The van der Waals surface area contributed by atoms with E-state index in [4.69, 9.17) is 0 Å². The lowest BCUT2D eigenvalue weighted by Crippen LogP contribution is -2.32. The van der Waals surface area contributed by atoms with Crippen molar-refractivity contribution in [3.05, 3.63) is 29.8 Å². The number of nitrogens with one attached hydrogen (secondary N) is 2. The van der Waals surface area contributed by atoms with Gasteiger partial charge in [0.05, 0.1) is 16.2 Å². The number of likely N-dealkylation sites (N-methyl/N-ethyl adjacent to an activating group) is 1. The highest BCUT2D eigenvalue weighted by Crippen LogP contribution is 2.17. The van der Waals surface area contributed by atoms with Gasteiger partial charge in [-0.25, -0.2) is 8.42 Å². The Labute approximate surface area is 132 Å². The molecule has 2 N–H and O–H groups in total. The smallest absolute Gasteiger partial charge is 0.252 e. The first-order chi connectivity index (χ1) is 9.53. The molecular formula is C14H23ClN2O3S. The molecule has 0 spiro atoms. The average Bonchev–Trinajstić information content (AvgIpc) is 2.43. The standard InChI is InChI=1S/C14H22N2O3S.ClH/c1-3-11-20(18,19)13-8-6-5-7-12(13)14(17)16-10-9-15-4-2;/h5-8,15H,3-4,9-11H2,1-2H3,(H,16,17);1H. The fraction of sp³-hybridized carbons (Fsp3) is 0.500. The van der Waals surface area contributed by atoms with Gasteiger partial charge in [-0.3, -0.25) is 4.79 Å². The summed E-state index contributed by atoms with van der Waals surface area (Å²) < 4.78 is 24.3. The van der Waals surface area contributed by atoms with Crippen molar-refractivity contribution in [3.63, 3.8) is 0 Å². The highest BCUT2D eigenvalue weighted by atomic mass is 35.5. The maximum atomic E-state index is 12.1. The van der Waals surface area contributed by atoms with Crippen LogP contribution in [0.2, 0.25) is 0 Å². The van der Waals surface area contributed by atoms with Crippen LogP contribution in [0, 0.1) is 0 Å². The summed E-state index contributed by atoms with van der Waals surface area (Å²) in [6.45, 7) is 5.74. The van der Waals surface area contributed by atoms with Crippen LogP contribution in [-0.2, 0) is 9.84 Å². The molecule has 0 bridgehead atoms. The van der Waals surface area contributed by atoms with E-state index in [-0.39, 0.29) is 34.5 Å². The van der Waals surface area contributed by atoms with Crippen molar-refractivity contribution in [3.8, 4) is 0 Å². The number of rotatable bonds is 8. The van der Waals surface area contributed by atoms with Gasteiger partial charge in [-0.15, -0.1) is 12.4 Å². The molecule has 0 radical (unpaired) electrons. The third-order valence-electron chi connectivity index (χ3n) is 2.78. The molecule has 0 atom stereocenters. The Morgan fingerprint density at radius 1 is 1.14 bits per heavy atom. The van der Waals surface area contributed by atoms with Crippen molar-refractivity contribution in [2.45, 2.75) is 25.2 Å². The normalized spacial score (nSPS) is 10.8. The lowest BCUT2D eigenvalue weighted by molar-refractivity contribution is 0.0950. The minimum absolute atomic E-state index is 0. The molecule has 0 fully saturated rings. The van der Waals surface area contributed by atoms with E-state index in [2.05, 4.69) is 10.6 Å². The second-order valence-electron chi connectivity index (χ2n) is 4.42. The SMILES string of the molecule is CCCS(=O)(=O)c1ccccc1C(=O)NCCNCC.Cl. The predicted octanol–water partition coefficient (Wildman–Crippen LogP) is 1.63. The van der Waals surface area contributed by atoms with Gasteiger partial charge in [0.15, 0.2) is 9.84 Å². The lowest BCUT2D eigenvalue weighted by atomic mass is 10.2. The van der Waals surface area contributed by atoms with Crippen molar-refractivity contribution in [1.82, 2.24) is 10.6 Å². The van der Waals surface area contributed by atoms with E-state index in [1.54, 1.807) is 25.1 Å². The first kappa shape index (κ1) is 19.9. The molecule has 5 nitrogen and oxygen atoms in total. The van der Waals surface area contributed by atoms with Crippen LogP contribution < -0.4 is 10.6 Å². The van der Waals surface area contributed by atoms with E-state index in [1.807, 2.05) is 6.92 Å². The van der Waals surface area contributed by atoms with Gasteiger partial charge in [0, 0.05) is 13.1 Å². The van der Waals surface area contributed by atoms with Gasteiger partial charge >= 0.3 is 0 Å². The molecular weight excluding hydrogens is 312 g/mol. The quantitative estimate of drug-likeness (QED) is 0.709. The second kappa shape index (κ2) is 9.76. The maximum absolute atomic E-state index is 12.1.